The first-order valence-electron chi connectivity index (χ1n) is 9.81. The zero-order chi connectivity index (χ0) is 21.9. The number of nitrogens with zero attached hydrogens (tertiary/aromatic N) is 6. The van der Waals surface area contributed by atoms with Crippen molar-refractivity contribution in [3.8, 4) is 28.5 Å². The van der Waals surface area contributed by atoms with Crippen molar-refractivity contribution in [1.82, 2.24) is 29.9 Å². The zero-order valence-corrected chi connectivity index (χ0v) is 18.6. The average Bonchev–Trinajstić information content (AvgIpc) is 3.46. The number of pyridine rings is 1. The van der Waals surface area contributed by atoms with E-state index in [-0.39, 0.29) is 0 Å². The van der Waals surface area contributed by atoms with Gasteiger partial charge in [0.1, 0.15) is 0 Å². The number of benzene rings is 2. The van der Waals surface area contributed by atoms with Gasteiger partial charge in [-0.1, -0.05) is 58.3 Å². The standard InChI is InChI=1S/C23H17ClN6OS/c1-15-5-7-19(8-6-15)30-22(16-9-11-25-12-10-16)27-28-23(30)32-14-20-26-21(29-31-20)17-3-2-4-18(24)13-17/h2-13H,14H2,1H3. The molecule has 0 saturated heterocycles. The van der Waals surface area contributed by atoms with Gasteiger partial charge in [0.15, 0.2) is 11.0 Å². The lowest BCUT2D eigenvalue weighted by atomic mass is 10.2. The highest BCUT2D eigenvalue weighted by atomic mass is 35.5. The van der Waals surface area contributed by atoms with Gasteiger partial charge in [0.2, 0.25) is 11.7 Å². The van der Waals surface area contributed by atoms with Crippen molar-refractivity contribution in [3.63, 3.8) is 0 Å². The van der Waals surface area contributed by atoms with Gasteiger partial charge in [-0.25, -0.2) is 0 Å². The van der Waals surface area contributed by atoms with Gasteiger partial charge in [0.25, 0.3) is 0 Å². The summed E-state index contributed by atoms with van der Waals surface area (Å²) in [5.74, 6) is 2.19. The molecule has 7 nitrogen and oxygen atoms in total. The maximum atomic E-state index is 6.07. The molecule has 2 aromatic carbocycles. The number of rotatable bonds is 6. The Morgan fingerprint density at radius 1 is 0.969 bits per heavy atom. The van der Waals surface area contributed by atoms with Crippen LogP contribution < -0.4 is 0 Å². The van der Waals surface area contributed by atoms with Crippen molar-refractivity contribution in [3.05, 3.63) is 89.5 Å². The smallest absolute Gasteiger partial charge is 0.237 e. The molecule has 5 rings (SSSR count). The van der Waals surface area contributed by atoms with Crippen molar-refractivity contribution in [2.45, 2.75) is 17.8 Å². The fourth-order valence-electron chi connectivity index (χ4n) is 3.16. The fraction of sp³-hybridized carbons (Fsp3) is 0.0870. The highest BCUT2D eigenvalue weighted by Gasteiger charge is 2.18. The molecule has 0 unspecified atom stereocenters. The summed E-state index contributed by atoms with van der Waals surface area (Å²) < 4.78 is 7.46. The van der Waals surface area contributed by atoms with E-state index in [4.69, 9.17) is 16.1 Å². The number of aromatic nitrogens is 6. The summed E-state index contributed by atoms with van der Waals surface area (Å²) in [7, 11) is 0. The molecule has 158 valence electrons. The fourth-order valence-corrected chi connectivity index (χ4v) is 4.14. The summed E-state index contributed by atoms with van der Waals surface area (Å²) in [5.41, 5.74) is 3.89. The maximum absolute atomic E-state index is 6.07. The van der Waals surface area contributed by atoms with Crippen molar-refractivity contribution in [2.24, 2.45) is 0 Å². The summed E-state index contributed by atoms with van der Waals surface area (Å²) in [5, 5.41) is 14.3. The van der Waals surface area contributed by atoms with Crippen molar-refractivity contribution in [1.29, 1.82) is 0 Å². The molecule has 0 bridgehead atoms. The average molecular weight is 461 g/mol. The normalized spacial score (nSPS) is 11.1. The van der Waals surface area contributed by atoms with Gasteiger partial charge in [-0.2, -0.15) is 4.98 Å². The largest absolute Gasteiger partial charge is 0.338 e. The lowest BCUT2D eigenvalue weighted by molar-refractivity contribution is 0.391. The van der Waals surface area contributed by atoms with Crippen LogP contribution in [0.25, 0.3) is 28.5 Å². The van der Waals surface area contributed by atoms with Crippen LogP contribution in [0.5, 0.6) is 0 Å². The molecular formula is C23H17ClN6OS. The van der Waals surface area contributed by atoms with Crippen LogP contribution >= 0.6 is 23.4 Å². The molecule has 0 saturated carbocycles. The number of hydrogen-bond donors (Lipinski definition) is 0. The first-order chi connectivity index (χ1) is 15.7. The number of aryl methyl sites for hydroxylation is 1. The minimum absolute atomic E-state index is 0.452. The Bertz CT molecular complexity index is 1350. The summed E-state index contributed by atoms with van der Waals surface area (Å²) in [6.07, 6.45) is 3.48. The topological polar surface area (TPSA) is 82.5 Å². The first kappa shape index (κ1) is 20.4. The van der Waals surface area contributed by atoms with Crippen LogP contribution in [0, 0.1) is 6.92 Å². The molecular weight excluding hydrogens is 444 g/mol. The van der Waals surface area contributed by atoms with E-state index in [1.807, 2.05) is 28.8 Å². The molecule has 0 fully saturated rings. The monoisotopic (exact) mass is 460 g/mol. The molecule has 9 heteroatoms. The Balaban J connectivity index is 1.44. The molecule has 0 aliphatic rings. The lowest BCUT2D eigenvalue weighted by Crippen LogP contribution is -2.00. The van der Waals surface area contributed by atoms with Crippen LogP contribution in [0.1, 0.15) is 11.5 Å². The second-order valence-corrected chi connectivity index (χ2v) is 8.40. The quantitative estimate of drug-likeness (QED) is 0.303. The van der Waals surface area contributed by atoms with Crippen LogP contribution in [0.3, 0.4) is 0 Å². The van der Waals surface area contributed by atoms with E-state index in [1.54, 1.807) is 24.5 Å². The summed E-state index contributed by atoms with van der Waals surface area (Å²) in [6.45, 7) is 2.06. The predicted molar refractivity (Wildman–Crippen MR) is 124 cm³/mol. The van der Waals surface area contributed by atoms with E-state index >= 15 is 0 Å². The molecule has 0 aliphatic heterocycles. The van der Waals surface area contributed by atoms with Crippen LogP contribution in [-0.4, -0.2) is 29.9 Å². The first-order valence-corrected chi connectivity index (χ1v) is 11.2. The van der Waals surface area contributed by atoms with E-state index in [2.05, 4.69) is 56.5 Å². The van der Waals surface area contributed by atoms with Crippen LogP contribution in [0.4, 0.5) is 0 Å². The van der Waals surface area contributed by atoms with Gasteiger partial charge in [0, 0.05) is 34.2 Å². The third-order valence-electron chi connectivity index (χ3n) is 4.74. The number of halogens is 1. The van der Waals surface area contributed by atoms with E-state index in [1.165, 1.54) is 17.3 Å². The third-order valence-corrected chi connectivity index (χ3v) is 5.89. The van der Waals surface area contributed by atoms with Gasteiger partial charge >= 0.3 is 0 Å². The van der Waals surface area contributed by atoms with Crippen molar-refractivity contribution < 1.29 is 4.52 Å². The summed E-state index contributed by atoms with van der Waals surface area (Å²) in [6, 6.07) is 19.4. The van der Waals surface area contributed by atoms with E-state index < -0.39 is 0 Å². The van der Waals surface area contributed by atoms with Gasteiger partial charge in [-0.05, 0) is 43.3 Å². The summed E-state index contributed by atoms with van der Waals surface area (Å²) in [4.78, 5) is 8.59. The molecule has 0 aliphatic carbocycles. The maximum Gasteiger partial charge on any atom is 0.237 e. The number of hydrogen-bond acceptors (Lipinski definition) is 7. The molecule has 32 heavy (non-hydrogen) atoms. The third kappa shape index (κ3) is 4.28. The Morgan fingerprint density at radius 3 is 2.56 bits per heavy atom. The van der Waals surface area contributed by atoms with Gasteiger partial charge in [-0.3, -0.25) is 9.55 Å². The minimum Gasteiger partial charge on any atom is -0.338 e. The minimum atomic E-state index is 0.452. The molecule has 0 N–H and O–H groups in total. The second kappa shape index (κ2) is 8.94. The van der Waals surface area contributed by atoms with Gasteiger partial charge in [-0.15, -0.1) is 10.2 Å². The van der Waals surface area contributed by atoms with E-state index in [0.717, 1.165) is 27.8 Å². The SMILES string of the molecule is Cc1ccc(-n2c(SCc3nc(-c4cccc(Cl)c4)no3)nnc2-c2ccncc2)cc1. The molecule has 0 radical (unpaired) electrons. The van der Waals surface area contributed by atoms with Crippen LogP contribution in [0.15, 0.2) is 82.7 Å². The van der Waals surface area contributed by atoms with Crippen molar-refractivity contribution in [2.75, 3.05) is 0 Å². The Labute approximate surface area is 193 Å². The van der Waals surface area contributed by atoms with Crippen LogP contribution in [-0.2, 0) is 5.75 Å². The number of thioether (sulfide) groups is 1. The highest BCUT2D eigenvalue weighted by Crippen LogP contribution is 2.30. The molecule has 0 amide bonds. The highest BCUT2D eigenvalue weighted by molar-refractivity contribution is 7.98. The zero-order valence-electron chi connectivity index (χ0n) is 17.0. The second-order valence-electron chi connectivity index (χ2n) is 7.02. The van der Waals surface area contributed by atoms with Crippen molar-refractivity contribution >= 4 is 23.4 Å². The molecule has 3 aromatic heterocycles. The molecule has 3 heterocycles. The van der Waals surface area contributed by atoms with Gasteiger partial charge < -0.3 is 4.52 Å². The Hall–Kier alpha value is -3.49. The summed E-state index contributed by atoms with van der Waals surface area (Å²) >= 11 is 7.55. The molecule has 5 aromatic rings. The Morgan fingerprint density at radius 2 is 1.78 bits per heavy atom. The van der Waals surface area contributed by atoms with Crippen LogP contribution in [0.2, 0.25) is 5.02 Å². The Kier molecular flexibility index (Phi) is 5.70. The van der Waals surface area contributed by atoms with Gasteiger partial charge in [0.05, 0.1) is 5.75 Å². The van der Waals surface area contributed by atoms with E-state index in [0.29, 0.717) is 22.5 Å². The van der Waals surface area contributed by atoms with E-state index in [9.17, 15) is 0 Å². The lowest BCUT2D eigenvalue weighted by Gasteiger charge is -2.10. The predicted octanol–water partition coefficient (Wildman–Crippen LogP) is 5.63. The molecule has 0 spiro atoms. The molecule has 0 atom stereocenters.